The number of ketones is 1. The van der Waals surface area contributed by atoms with Gasteiger partial charge in [-0.25, -0.2) is 9.59 Å². The summed E-state index contributed by atoms with van der Waals surface area (Å²) in [4.78, 5) is 33.6. The number of aliphatic hydroxyl groups excluding tert-OH is 1. The Bertz CT molecular complexity index is 534. The lowest BCUT2D eigenvalue weighted by atomic mass is 9.99. The van der Waals surface area contributed by atoms with Crippen molar-refractivity contribution in [3.05, 3.63) is 34.9 Å². The fraction of sp³-hybridized carbons (Fsp3) is 0.357. The molecule has 0 fully saturated rings. The lowest BCUT2D eigenvalue weighted by Gasteiger charge is -2.11. The van der Waals surface area contributed by atoms with Crippen molar-refractivity contribution >= 4 is 17.7 Å². The van der Waals surface area contributed by atoms with Crippen molar-refractivity contribution < 1.29 is 29.3 Å². The first kappa shape index (κ1) is 15.8. The molecule has 1 aromatic rings. The highest BCUT2D eigenvalue weighted by atomic mass is 16.5. The number of hydrogen-bond acceptors (Lipinski definition) is 5. The van der Waals surface area contributed by atoms with Gasteiger partial charge in [-0.2, -0.15) is 0 Å². The van der Waals surface area contributed by atoms with Gasteiger partial charge in [0.05, 0.1) is 12.2 Å². The van der Waals surface area contributed by atoms with Crippen molar-refractivity contribution in [1.29, 1.82) is 0 Å². The topological polar surface area (TPSA) is 101 Å². The van der Waals surface area contributed by atoms with Gasteiger partial charge in [-0.15, -0.1) is 0 Å². The lowest BCUT2D eigenvalue weighted by Crippen LogP contribution is -2.13. The van der Waals surface area contributed by atoms with Crippen LogP contribution in [0.25, 0.3) is 0 Å². The fourth-order valence-electron chi connectivity index (χ4n) is 1.74. The maximum atomic E-state index is 11.7. The molecule has 0 radical (unpaired) electrons. The standard InChI is InChI=1S/C14H16O6/c1-3-20-14(19)11-6-9(4-8(2)15)5-10(7-11)12(16)13(17)18/h5-7,12,16H,3-4H2,1-2H3,(H,17,18). The highest BCUT2D eigenvalue weighted by Gasteiger charge is 2.19. The maximum Gasteiger partial charge on any atom is 0.338 e. The fourth-order valence-corrected chi connectivity index (χ4v) is 1.74. The highest BCUT2D eigenvalue weighted by molar-refractivity contribution is 5.91. The normalized spacial score (nSPS) is 11.8. The molecule has 0 saturated carbocycles. The predicted octanol–water partition coefficient (Wildman–Crippen LogP) is 1.11. The molecule has 6 nitrogen and oxygen atoms in total. The number of esters is 1. The summed E-state index contributed by atoms with van der Waals surface area (Å²) in [6.07, 6.45) is -1.71. The molecule has 0 saturated heterocycles. The molecule has 0 aliphatic rings. The third kappa shape index (κ3) is 4.17. The van der Waals surface area contributed by atoms with Gasteiger partial charge in [-0.05, 0) is 37.1 Å². The molecule has 0 heterocycles. The van der Waals surface area contributed by atoms with E-state index in [-0.39, 0.29) is 29.9 Å². The van der Waals surface area contributed by atoms with Gasteiger partial charge >= 0.3 is 11.9 Å². The minimum atomic E-state index is -1.75. The molecule has 1 aromatic carbocycles. The molecule has 108 valence electrons. The molecule has 20 heavy (non-hydrogen) atoms. The summed E-state index contributed by atoms with van der Waals surface area (Å²) in [5, 5.41) is 18.4. The molecule has 0 spiro atoms. The zero-order valence-corrected chi connectivity index (χ0v) is 11.3. The van der Waals surface area contributed by atoms with Crippen molar-refractivity contribution in [3.63, 3.8) is 0 Å². The van der Waals surface area contributed by atoms with Crippen LogP contribution in [0.4, 0.5) is 0 Å². The SMILES string of the molecule is CCOC(=O)c1cc(CC(C)=O)cc(C(O)C(=O)O)c1. The number of ether oxygens (including phenoxy) is 1. The average Bonchev–Trinajstić information content (AvgIpc) is 2.36. The minimum absolute atomic E-state index is 0.0410. The smallest absolute Gasteiger partial charge is 0.338 e. The van der Waals surface area contributed by atoms with E-state index in [1.165, 1.54) is 25.1 Å². The largest absolute Gasteiger partial charge is 0.479 e. The van der Waals surface area contributed by atoms with Crippen LogP contribution in [0.5, 0.6) is 0 Å². The van der Waals surface area contributed by atoms with Crippen LogP contribution < -0.4 is 0 Å². The van der Waals surface area contributed by atoms with E-state index in [0.717, 1.165) is 0 Å². The number of Topliss-reactive ketones (excluding diaryl/α,β-unsaturated/α-hetero) is 1. The number of hydrogen-bond donors (Lipinski definition) is 2. The average molecular weight is 280 g/mol. The summed E-state index contributed by atoms with van der Waals surface area (Å²) in [6.45, 7) is 3.20. The van der Waals surface area contributed by atoms with E-state index in [4.69, 9.17) is 9.84 Å². The predicted molar refractivity (Wildman–Crippen MR) is 69.4 cm³/mol. The zero-order chi connectivity index (χ0) is 15.3. The maximum absolute atomic E-state index is 11.7. The number of carboxylic acid groups (broad SMARTS) is 1. The van der Waals surface area contributed by atoms with E-state index in [0.29, 0.717) is 5.56 Å². The first-order chi connectivity index (χ1) is 9.35. The van der Waals surface area contributed by atoms with Crippen LogP contribution in [-0.2, 0) is 20.7 Å². The monoisotopic (exact) mass is 280 g/mol. The molecule has 0 bridgehead atoms. The Morgan fingerprint density at radius 1 is 1.25 bits per heavy atom. The first-order valence-corrected chi connectivity index (χ1v) is 6.06. The quantitative estimate of drug-likeness (QED) is 0.757. The van der Waals surface area contributed by atoms with Gasteiger partial charge in [0.1, 0.15) is 5.78 Å². The van der Waals surface area contributed by atoms with Gasteiger partial charge in [0.15, 0.2) is 6.10 Å². The summed E-state index contributed by atoms with van der Waals surface area (Å²) in [5.41, 5.74) is 0.610. The number of aliphatic hydroxyl groups is 1. The molecule has 0 aliphatic heterocycles. The van der Waals surface area contributed by atoms with Crippen LogP contribution in [0.2, 0.25) is 0 Å². The summed E-state index contributed by atoms with van der Waals surface area (Å²) < 4.78 is 4.83. The summed E-state index contributed by atoms with van der Waals surface area (Å²) in [6, 6.07) is 4.10. The second kappa shape index (κ2) is 6.81. The Morgan fingerprint density at radius 2 is 1.90 bits per heavy atom. The highest BCUT2D eigenvalue weighted by Crippen LogP contribution is 2.19. The van der Waals surface area contributed by atoms with Crippen molar-refractivity contribution in [2.45, 2.75) is 26.4 Å². The molecule has 2 N–H and O–H groups in total. The van der Waals surface area contributed by atoms with Crippen molar-refractivity contribution in [3.8, 4) is 0 Å². The number of rotatable bonds is 6. The Hall–Kier alpha value is -2.21. The van der Waals surface area contributed by atoms with Gasteiger partial charge in [-0.3, -0.25) is 4.79 Å². The minimum Gasteiger partial charge on any atom is -0.479 e. The summed E-state index contributed by atoms with van der Waals surface area (Å²) >= 11 is 0. The Kier molecular flexibility index (Phi) is 5.40. The molecule has 1 rings (SSSR count). The van der Waals surface area contributed by atoms with E-state index in [1.807, 2.05) is 0 Å². The van der Waals surface area contributed by atoms with Crippen molar-refractivity contribution in [2.24, 2.45) is 0 Å². The third-order valence-electron chi connectivity index (χ3n) is 2.53. The van der Waals surface area contributed by atoms with Gasteiger partial charge < -0.3 is 14.9 Å². The number of aliphatic carboxylic acids is 1. The van der Waals surface area contributed by atoms with E-state index in [9.17, 15) is 19.5 Å². The Morgan fingerprint density at radius 3 is 2.40 bits per heavy atom. The van der Waals surface area contributed by atoms with Crippen LogP contribution in [0.3, 0.4) is 0 Å². The summed E-state index contributed by atoms with van der Waals surface area (Å²) in [5.74, 6) is -2.20. The van der Waals surface area contributed by atoms with Crippen LogP contribution in [0, 0.1) is 0 Å². The second-order valence-corrected chi connectivity index (χ2v) is 4.30. The van der Waals surface area contributed by atoms with Crippen molar-refractivity contribution in [2.75, 3.05) is 6.61 Å². The van der Waals surface area contributed by atoms with Crippen LogP contribution in [0.15, 0.2) is 18.2 Å². The lowest BCUT2D eigenvalue weighted by molar-refractivity contribution is -0.146. The zero-order valence-electron chi connectivity index (χ0n) is 11.3. The third-order valence-corrected chi connectivity index (χ3v) is 2.53. The number of benzene rings is 1. The molecule has 0 amide bonds. The van der Waals surface area contributed by atoms with Crippen LogP contribution in [0.1, 0.15) is 41.4 Å². The van der Waals surface area contributed by atoms with E-state index < -0.39 is 18.0 Å². The van der Waals surface area contributed by atoms with Gasteiger partial charge in [0.25, 0.3) is 0 Å². The molecule has 1 unspecified atom stereocenters. The Balaban J connectivity index is 3.23. The first-order valence-electron chi connectivity index (χ1n) is 6.06. The Labute approximate surface area is 116 Å². The number of carbonyl (C=O) groups excluding carboxylic acids is 2. The molecule has 6 heteroatoms. The van der Waals surface area contributed by atoms with Gasteiger partial charge in [-0.1, -0.05) is 6.07 Å². The second-order valence-electron chi connectivity index (χ2n) is 4.30. The van der Waals surface area contributed by atoms with E-state index in [2.05, 4.69) is 0 Å². The summed E-state index contributed by atoms with van der Waals surface area (Å²) in [7, 11) is 0. The molecule has 1 atom stereocenters. The van der Waals surface area contributed by atoms with Gasteiger partial charge in [0.2, 0.25) is 0 Å². The van der Waals surface area contributed by atoms with Gasteiger partial charge in [0, 0.05) is 6.42 Å². The molecule has 0 aromatic heterocycles. The number of carbonyl (C=O) groups is 3. The molecular weight excluding hydrogens is 264 g/mol. The van der Waals surface area contributed by atoms with Crippen molar-refractivity contribution in [1.82, 2.24) is 0 Å². The van der Waals surface area contributed by atoms with Crippen LogP contribution >= 0.6 is 0 Å². The van der Waals surface area contributed by atoms with E-state index in [1.54, 1.807) is 6.92 Å². The van der Waals surface area contributed by atoms with Crippen LogP contribution in [-0.4, -0.2) is 34.5 Å². The number of carboxylic acids is 1. The molecular formula is C14H16O6. The van der Waals surface area contributed by atoms with E-state index >= 15 is 0 Å². The molecule has 0 aliphatic carbocycles.